The van der Waals surface area contributed by atoms with Crippen LogP contribution in [0.2, 0.25) is 0 Å². The molecule has 0 atom stereocenters. The number of nitrogens with zero attached hydrogens (tertiary/aromatic N) is 2. The zero-order chi connectivity index (χ0) is 20.7. The van der Waals surface area contributed by atoms with Crippen molar-refractivity contribution in [1.29, 1.82) is 0 Å². The second-order valence-corrected chi connectivity index (χ2v) is 8.54. The maximum atomic E-state index is 11.9. The van der Waals surface area contributed by atoms with Crippen molar-refractivity contribution in [3.8, 4) is 0 Å². The fourth-order valence-electron chi connectivity index (χ4n) is 2.80. The Morgan fingerprint density at radius 3 is 2.39 bits per heavy atom. The number of alkyl carbamates (subject to hydrolysis) is 1. The molecule has 0 bridgehead atoms. The lowest BCUT2D eigenvalue weighted by Crippen LogP contribution is -2.34. The predicted molar refractivity (Wildman–Crippen MR) is 115 cm³/mol. The van der Waals surface area contributed by atoms with Gasteiger partial charge in [0, 0.05) is 24.2 Å². The van der Waals surface area contributed by atoms with Gasteiger partial charge < -0.3 is 15.4 Å². The van der Waals surface area contributed by atoms with E-state index in [1.807, 2.05) is 32.5 Å². The smallest absolute Gasteiger partial charge is 0.407 e. The molecule has 154 valence electrons. The zero-order valence-electron chi connectivity index (χ0n) is 17.8. The van der Waals surface area contributed by atoms with Crippen LogP contribution in [0.5, 0.6) is 0 Å². The topological polar surface area (TPSA) is 68.2 Å². The van der Waals surface area contributed by atoms with E-state index in [9.17, 15) is 4.79 Å². The number of hydrogen-bond donors (Lipinski definition) is 2. The monoisotopic (exact) mass is 404 g/mol. The lowest BCUT2D eigenvalue weighted by Gasteiger charge is -2.19. The molecule has 7 heteroatoms. The summed E-state index contributed by atoms with van der Waals surface area (Å²) in [6.45, 7) is 10.9. The number of carbonyl (C=O) groups is 1. The molecule has 1 aromatic carbocycles. The molecule has 2 N–H and O–H groups in total. The lowest BCUT2D eigenvalue weighted by molar-refractivity contribution is 0.0525. The maximum Gasteiger partial charge on any atom is 0.407 e. The van der Waals surface area contributed by atoms with Gasteiger partial charge in [-0.1, -0.05) is 25.6 Å². The first kappa shape index (κ1) is 22.1. The van der Waals surface area contributed by atoms with Crippen molar-refractivity contribution in [3.05, 3.63) is 35.7 Å². The Labute approximate surface area is 172 Å². The van der Waals surface area contributed by atoms with E-state index < -0.39 is 11.7 Å². The quantitative estimate of drug-likeness (QED) is 0.666. The van der Waals surface area contributed by atoms with E-state index in [0.717, 1.165) is 24.2 Å². The van der Waals surface area contributed by atoms with Crippen molar-refractivity contribution in [2.24, 2.45) is 0 Å². The second kappa shape index (κ2) is 9.87. The standard InChI is InChI=1S/C21H32N4O2S/c1-7-17-19(28-16-11-9-15(22-6)10-12-16)18(8-2)25(24-17)14-13-23-20(26)27-21(3,4)5/h9-12,22H,7-8,13-14H2,1-6H3,(H,23,26). The van der Waals surface area contributed by atoms with Crippen LogP contribution in [0.3, 0.4) is 0 Å². The van der Waals surface area contributed by atoms with Crippen LogP contribution in [0.15, 0.2) is 34.1 Å². The van der Waals surface area contributed by atoms with Crippen molar-refractivity contribution >= 4 is 23.5 Å². The highest BCUT2D eigenvalue weighted by atomic mass is 32.2. The average Bonchev–Trinajstić information content (AvgIpc) is 2.97. The fraction of sp³-hybridized carbons (Fsp3) is 0.524. The van der Waals surface area contributed by atoms with Gasteiger partial charge in [0.15, 0.2) is 0 Å². The number of hydrogen-bond acceptors (Lipinski definition) is 5. The summed E-state index contributed by atoms with van der Waals surface area (Å²) in [5.74, 6) is 0. The summed E-state index contributed by atoms with van der Waals surface area (Å²) in [6, 6.07) is 8.40. The Kier molecular flexibility index (Phi) is 7.80. The Morgan fingerprint density at radius 1 is 1.18 bits per heavy atom. The molecule has 0 spiro atoms. The highest BCUT2D eigenvalue weighted by Gasteiger charge is 2.18. The third kappa shape index (κ3) is 6.19. The molecule has 6 nitrogen and oxygen atoms in total. The summed E-state index contributed by atoms with van der Waals surface area (Å²) in [4.78, 5) is 14.3. The van der Waals surface area contributed by atoms with Gasteiger partial charge in [-0.2, -0.15) is 5.10 Å². The van der Waals surface area contributed by atoms with Gasteiger partial charge in [-0.25, -0.2) is 4.79 Å². The number of nitrogens with one attached hydrogen (secondary N) is 2. The Bertz CT molecular complexity index is 779. The molecular formula is C21H32N4O2S. The number of amides is 1. The highest BCUT2D eigenvalue weighted by Crippen LogP contribution is 2.34. The van der Waals surface area contributed by atoms with Crippen molar-refractivity contribution < 1.29 is 9.53 Å². The first-order chi connectivity index (χ1) is 13.3. The van der Waals surface area contributed by atoms with Crippen LogP contribution in [0, 0.1) is 0 Å². The van der Waals surface area contributed by atoms with Crippen LogP contribution in [-0.2, 0) is 24.1 Å². The summed E-state index contributed by atoms with van der Waals surface area (Å²) in [5.41, 5.74) is 2.90. The van der Waals surface area contributed by atoms with E-state index in [0.29, 0.717) is 13.1 Å². The third-order valence-electron chi connectivity index (χ3n) is 4.10. The maximum absolute atomic E-state index is 11.9. The highest BCUT2D eigenvalue weighted by molar-refractivity contribution is 7.99. The van der Waals surface area contributed by atoms with Gasteiger partial charge in [0.05, 0.1) is 22.8 Å². The summed E-state index contributed by atoms with van der Waals surface area (Å²) in [5, 5.41) is 10.7. The molecule has 0 aliphatic carbocycles. The van der Waals surface area contributed by atoms with Crippen LogP contribution < -0.4 is 10.6 Å². The zero-order valence-corrected chi connectivity index (χ0v) is 18.6. The van der Waals surface area contributed by atoms with Crippen LogP contribution in [0.25, 0.3) is 0 Å². The van der Waals surface area contributed by atoms with Crippen molar-refractivity contribution in [1.82, 2.24) is 15.1 Å². The first-order valence-corrected chi connectivity index (χ1v) is 10.6. The largest absolute Gasteiger partial charge is 0.444 e. The van der Waals surface area contributed by atoms with E-state index in [4.69, 9.17) is 9.84 Å². The van der Waals surface area contributed by atoms with Gasteiger partial charge >= 0.3 is 6.09 Å². The van der Waals surface area contributed by atoms with Crippen molar-refractivity contribution in [3.63, 3.8) is 0 Å². The number of benzene rings is 1. The lowest BCUT2D eigenvalue weighted by atomic mass is 10.2. The number of rotatable bonds is 8. The summed E-state index contributed by atoms with van der Waals surface area (Å²) in [7, 11) is 1.92. The van der Waals surface area contributed by atoms with E-state index in [1.54, 1.807) is 11.8 Å². The second-order valence-electron chi connectivity index (χ2n) is 7.46. The van der Waals surface area contributed by atoms with E-state index in [1.165, 1.54) is 15.5 Å². The molecule has 0 unspecified atom stereocenters. The first-order valence-electron chi connectivity index (χ1n) is 9.78. The molecule has 0 aliphatic rings. The molecule has 0 aliphatic heterocycles. The number of ether oxygens (including phenoxy) is 1. The normalized spacial score (nSPS) is 11.4. The third-order valence-corrected chi connectivity index (χ3v) is 5.28. The molecule has 0 radical (unpaired) electrons. The molecule has 0 saturated carbocycles. The van der Waals surface area contributed by atoms with E-state index in [-0.39, 0.29) is 0 Å². The molecule has 28 heavy (non-hydrogen) atoms. The van der Waals surface area contributed by atoms with Gasteiger partial charge in [-0.05, 0) is 57.9 Å². The van der Waals surface area contributed by atoms with Gasteiger partial charge in [0.1, 0.15) is 5.60 Å². The summed E-state index contributed by atoms with van der Waals surface area (Å²) >= 11 is 1.75. The van der Waals surface area contributed by atoms with Crippen LogP contribution in [0.4, 0.5) is 10.5 Å². The molecule has 2 rings (SSSR count). The van der Waals surface area contributed by atoms with Crippen LogP contribution in [0.1, 0.15) is 46.0 Å². The summed E-state index contributed by atoms with van der Waals surface area (Å²) in [6.07, 6.45) is 1.36. The fourth-order valence-corrected chi connectivity index (χ4v) is 3.98. The molecule has 1 heterocycles. The Balaban J connectivity index is 2.10. The van der Waals surface area contributed by atoms with Gasteiger partial charge in [-0.3, -0.25) is 4.68 Å². The van der Waals surface area contributed by atoms with Crippen molar-refractivity contribution in [2.45, 2.75) is 69.4 Å². The molecule has 1 amide bonds. The SMILES string of the molecule is CCc1nn(CCNC(=O)OC(C)(C)C)c(CC)c1Sc1ccc(NC)cc1. The van der Waals surface area contributed by atoms with Gasteiger partial charge in [-0.15, -0.1) is 0 Å². The molecule has 1 aromatic heterocycles. The van der Waals surface area contributed by atoms with Gasteiger partial charge in [0.2, 0.25) is 0 Å². The van der Waals surface area contributed by atoms with E-state index in [2.05, 4.69) is 48.7 Å². The number of aromatic nitrogens is 2. The minimum atomic E-state index is -0.494. The minimum Gasteiger partial charge on any atom is -0.444 e. The summed E-state index contributed by atoms with van der Waals surface area (Å²) < 4.78 is 7.31. The Hall–Kier alpha value is -2.15. The molecule has 2 aromatic rings. The average molecular weight is 405 g/mol. The molecule has 0 saturated heterocycles. The van der Waals surface area contributed by atoms with Crippen molar-refractivity contribution in [2.75, 3.05) is 18.9 Å². The van der Waals surface area contributed by atoms with Gasteiger partial charge in [0.25, 0.3) is 0 Å². The minimum absolute atomic E-state index is 0.396. The molecular weight excluding hydrogens is 372 g/mol. The van der Waals surface area contributed by atoms with Crippen LogP contribution in [-0.4, -0.2) is 35.1 Å². The number of aryl methyl sites for hydroxylation is 1. The number of carbonyl (C=O) groups excluding carboxylic acids is 1. The van der Waals surface area contributed by atoms with Crippen LogP contribution >= 0.6 is 11.8 Å². The molecule has 0 fully saturated rings. The predicted octanol–water partition coefficient (Wildman–Crippen LogP) is 4.73. The Morgan fingerprint density at radius 2 is 1.86 bits per heavy atom. The van der Waals surface area contributed by atoms with E-state index >= 15 is 0 Å². The number of anilines is 1.